The fraction of sp³-hybridized carbons (Fsp3) is 0.857. The molecule has 0 aliphatic heterocycles. The Morgan fingerprint density at radius 1 is 0.436 bits per heavy atom. The number of hydrogen-bond donors (Lipinski definition) is 5. The third kappa shape index (κ3) is 37.8. The molecule has 0 saturated heterocycles. The standard InChI is InChI=1S/C49H93NO5/c1-3-5-7-9-11-13-15-17-19-20-21-22-23-24-25-26-27-28-29-31-32-34-36-38-40-42-46(52)48(54)45(44-51)50-49(55)47(53)43-41-39-37-35-33-30-18-16-14-12-10-8-6-4-2/h24-25,28-29,34,36,45-48,51-54H,3-23,26-27,30-33,35,37-44H2,1-2H3,(H,50,55)/b25-24+,29-28+,36-34+. The topological polar surface area (TPSA) is 110 Å². The maximum atomic E-state index is 12.5. The van der Waals surface area contributed by atoms with Crippen LogP contribution in [0.4, 0.5) is 0 Å². The van der Waals surface area contributed by atoms with E-state index in [1.807, 2.05) is 0 Å². The summed E-state index contributed by atoms with van der Waals surface area (Å²) in [5, 5.41) is 43.7. The van der Waals surface area contributed by atoms with Crippen LogP contribution in [0.3, 0.4) is 0 Å². The minimum atomic E-state index is -1.29. The molecule has 0 bridgehead atoms. The summed E-state index contributed by atoms with van der Waals surface area (Å²) >= 11 is 0. The molecule has 4 unspecified atom stereocenters. The Bertz CT molecular complexity index is 873. The number of aliphatic hydroxyl groups excluding tert-OH is 4. The molecule has 0 aliphatic carbocycles. The molecule has 0 radical (unpaired) electrons. The zero-order chi connectivity index (χ0) is 40.3. The average molecular weight is 776 g/mol. The van der Waals surface area contributed by atoms with Crippen molar-refractivity contribution in [3.8, 4) is 0 Å². The lowest BCUT2D eigenvalue weighted by molar-refractivity contribution is -0.132. The summed E-state index contributed by atoms with van der Waals surface area (Å²) in [6, 6.07) is -1.01. The molecule has 0 aliphatic rings. The summed E-state index contributed by atoms with van der Waals surface area (Å²) in [5.41, 5.74) is 0. The number of aliphatic hydroxyl groups is 4. The van der Waals surface area contributed by atoms with Gasteiger partial charge in [0.15, 0.2) is 0 Å². The Morgan fingerprint density at radius 2 is 0.764 bits per heavy atom. The number of rotatable bonds is 43. The number of carbonyl (C=O) groups excluding carboxylic acids is 1. The largest absolute Gasteiger partial charge is 0.394 e. The minimum absolute atomic E-state index is 0.361. The van der Waals surface area contributed by atoms with Gasteiger partial charge in [0.05, 0.1) is 18.8 Å². The first-order chi connectivity index (χ1) is 27.0. The van der Waals surface area contributed by atoms with Crippen LogP contribution >= 0.6 is 0 Å². The second-order valence-corrected chi connectivity index (χ2v) is 16.4. The summed E-state index contributed by atoms with van der Waals surface area (Å²) in [7, 11) is 0. The smallest absolute Gasteiger partial charge is 0.249 e. The second-order valence-electron chi connectivity index (χ2n) is 16.4. The van der Waals surface area contributed by atoms with Gasteiger partial charge in [-0.3, -0.25) is 4.79 Å². The molecule has 1 amide bonds. The summed E-state index contributed by atoms with van der Waals surface area (Å²) in [6.07, 6.45) is 51.9. The molecule has 0 aromatic rings. The van der Waals surface area contributed by atoms with E-state index in [9.17, 15) is 25.2 Å². The van der Waals surface area contributed by atoms with Gasteiger partial charge in [-0.05, 0) is 64.2 Å². The number of hydrogen-bond acceptors (Lipinski definition) is 5. The first kappa shape index (κ1) is 53.5. The maximum absolute atomic E-state index is 12.5. The van der Waals surface area contributed by atoms with Crippen molar-refractivity contribution in [2.24, 2.45) is 0 Å². The SMILES string of the molecule is CCCCCCCCCCCCCC/C=C/CC/C=C/CC/C=C/CCCC(O)C(O)C(CO)NC(=O)C(O)CCCCCCCCCCCCCCCC. The summed E-state index contributed by atoms with van der Waals surface area (Å²) in [6.45, 7) is 4.04. The summed E-state index contributed by atoms with van der Waals surface area (Å²) in [4.78, 5) is 12.5. The van der Waals surface area contributed by atoms with Gasteiger partial charge < -0.3 is 25.7 Å². The van der Waals surface area contributed by atoms with Gasteiger partial charge in [-0.2, -0.15) is 0 Å². The van der Waals surface area contributed by atoms with Crippen molar-refractivity contribution in [3.05, 3.63) is 36.5 Å². The van der Waals surface area contributed by atoms with Crippen molar-refractivity contribution in [1.82, 2.24) is 5.32 Å². The Hall–Kier alpha value is -1.47. The number of nitrogens with one attached hydrogen (secondary N) is 1. The average Bonchev–Trinajstić information content (AvgIpc) is 3.19. The summed E-state index contributed by atoms with van der Waals surface area (Å²) < 4.78 is 0. The Kier molecular flexibility index (Phi) is 42.5. The maximum Gasteiger partial charge on any atom is 0.249 e. The molecule has 0 heterocycles. The van der Waals surface area contributed by atoms with Crippen molar-refractivity contribution in [2.45, 2.75) is 263 Å². The van der Waals surface area contributed by atoms with Crippen molar-refractivity contribution in [3.63, 3.8) is 0 Å². The van der Waals surface area contributed by atoms with Crippen molar-refractivity contribution >= 4 is 5.91 Å². The highest BCUT2D eigenvalue weighted by molar-refractivity contribution is 5.80. The monoisotopic (exact) mass is 776 g/mol. The highest BCUT2D eigenvalue weighted by atomic mass is 16.3. The Balaban J connectivity index is 3.77. The quantitative estimate of drug-likeness (QED) is 0.0313. The molecule has 0 fully saturated rings. The van der Waals surface area contributed by atoms with Gasteiger partial charge in [0.2, 0.25) is 5.91 Å². The first-order valence-electron chi connectivity index (χ1n) is 23.9. The second kappa shape index (κ2) is 43.6. The predicted molar refractivity (Wildman–Crippen MR) is 237 cm³/mol. The van der Waals surface area contributed by atoms with Gasteiger partial charge in [0.25, 0.3) is 0 Å². The predicted octanol–water partition coefficient (Wildman–Crippen LogP) is 12.9. The molecule has 0 saturated carbocycles. The molecule has 55 heavy (non-hydrogen) atoms. The lowest BCUT2D eigenvalue weighted by Gasteiger charge is -2.27. The molecule has 6 nitrogen and oxygen atoms in total. The highest BCUT2D eigenvalue weighted by Gasteiger charge is 2.28. The molecular formula is C49H93NO5. The number of allylic oxidation sites excluding steroid dienone is 6. The van der Waals surface area contributed by atoms with E-state index in [0.717, 1.165) is 51.4 Å². The van der Waals surface area contributed by atoms with Crippen molar-refractivity contribution in [2.75, 3.05) is 6.61 Å². The Morgan fingerprint density at radius 3 is 1.15 bits per heavy atom. The molecule has 0 rings (SSSR count). The van der Waals surface area contributed by atoms with Crippen LogP contribution in [0.1, 0.15) is 239 Å². The van der Waals surface area contributed by atoms with Crippen LogP contribution in [0, 0.1) is 0 Å². The lowest BCUT2D eigenvalue weighted by Crippen LogP contribution is -2.53. The van der Waals surface area contributed by atoms with E-state index in [-0.39, 0.29) is 0 Å². The van der Waals surface area contributed by atoms with Crippen molar-refractivity contribution in [1.29, 1.82) is 0 Å². The molecule has 0 spiro atoms. The van der Waals surface area contributed by atoms with E-state index in [2.05, 4.69) is 55.6 Å². The zero-order valence-corrected chi connectivity index (χ0v) is 36.4. The molecule has 324 valence electrons. The molecule has 6 heteroatoms. The van der Waals surface area contributed by atoms with Crippen LogP contribution in [0.15, 0.2) is 36.5 Å². The van der Waals surface area contributed by atoms with E-state index in [0.29, 0.717) is 19.3 Å². The summed E-state index contributed by atoms with van der Waals surface area (Å²) in [5.74, 6) is -0.599. The minimum Gasteiger partial charge on any atom is -0.394 e. The van der Waals surface area contributed by atoms with Crippen LogP contribution in [-0.4, -0.2) is 57.3 Å². The first-order valence-corrected chi connectivity index (χ1v) is 23.9. The van der Waals surface area contributed by atoms with Crippen LogP contribution in [0.2, 0.25) is 0 Å². The lowest BCUT2D eigenvalue weighted by atomic mass is 10.00. The van der Waals surface area contributed by atoms with Gasteiger partial charge in [-0.25, -0.2) is 0 Å². The van der Waals surface area contributed by atoms with Crippen LogP contribution in [0.25, 0.3) is 0 Å². The fourth-order valence-corrected chi connectivity index (χ4v) is 7.26. The zero-order valence-electron chi connectivity index (χ0n) is 36.4. The van der Waals surface area contributed by atoms with E-state index >= 15 is 0 Å². The van der Waals surface area contributed by atoms with E-state index < -0.39 is 36.9 Å². The van der Waals surface area contributed by atoms with Gasteiger partial charge in [0.1, 0.15) is 12.2 Å². The molecular weight excluding hydrogens is 683 g/mol. The third-order valence-electron chi connectivity index (χ3n) is 11.1. The van der Waals surface area contributed by atoms with E-state index in [4.69, 9.17) is 0 Å². The van der Waals surface area contributed by atoms with Gasteiger partial charge >= 0.3 is 0 Å². The van der Waals surface area contributed by atoms with Crippen molar-refractivity contribution < 1.29 is 25.2 Å². The van der Waals surface area contributed by atoms with Gasteiger partial charge in [-0.1, -0.05) is 211 Å². The number of amides is 1. The number of carbonyl (C=O) groups is 1. The Labute approximate surface area is 341 Å². The van der Waals surface area contributed by atoms with Gasteiger partial charge in [0, 0.05) is 0 Å². The van der Waals surface area contributed by atoms with Crippen LogP contribution < -0.4 is 5.32 Å². The molecule has 5 N–H and O–H groups in total. The van der Waals surface area contributed by atoms with E-state index in [1.165, 1.54) is 154 Å². The third-order valence-corrected chi connectivity index (χ3v) is 11.1. The molecule has 0 aromatic carbocycles. The van der Waals surface area contributed by atoms with Gasteiger partial charge in [-0.15, -0.1) is 0 Å². The normalized spacial score (nSPS) is 14.4. The molecule has 4 atom stereocenters. The van der Waals surface area contributed by atoms with Crippen LogP contribution in [0.5, 0.6) is 0 Å². The van der Waals surface area contributed by atoms with Crippen LogP contribution in [-0.2, 0) is 4.79 Å². The highest BCUT2D eigenvalue weighted by Crippen LogP contribution is 2.16. The fourth-order valence-electron chi connectivity index (χ4n) is 7.26. The van der Waals surface area contributed by atoms with E-state index in [1.54, 1.807) is 0 Å². The molecule has 0 aromatic heterocycles. The number of unbranched alkanes of at least 4 members (excludes halogenated alkanes) is 28.